The summed E-state index contributed by atoms with van der Waals surface area (Å²) >= 11 is 2.99. The van der Waals surface area contributed by atoms with E-state index in [1.54, 1.807) is 6.08 Å². The first kappa shape index (κ1) is 19.1. The molecular formula is C21H19NO3S2. The van der Waals surface area contributed by atoms with Crippen LogP contribution in [-0.4, -0.2) is 18.5 Å². The highest BCUT2D eigenvalue weighted by molar-refractivity contribution is 7.12. The van der Waals surface area contributed by atoms with Gasteiger partial charge in [0.25, 0.3) is 5.91 Å². The van der Waals surface area contributed by atoms with Crippen LogP contribution in [0, 0.1) is 13.8 Å². The van der Waals surface area contributed by atoms with Crippen molar-refractivity contribution < 1.29 is 14.3 Å². The van der Waals surface area contributed by atoms with Crippen LogP contribution in [-0.2, 0) is 14.3 Å². The van der Waals surface area contributed by atoms with Crippen LogP contribution in [0.1, 0.15) is 20.9 Å². The molecule has 0 aliphatic heterocycles. The Morgan fingerprint density at radius 2 is 1.85 bits per heavy atom. The van der Waals surface area contributed by atoms with E-state index in [4.69, 9.17) is 4.74 Å². The molecule has 1 N–H and O–H groups in total. The molecule has 2 aromatic heterocycles. The Morgan fingerprint density at radius 1 is 1.07 bits per heavy atom. The molecule has 2 heterocycles. The van der Waals surface area contributed by atoms with E-state index in [1.165, 1.54) is 22.7 Å². The van der Waals surface area contributed by atoms with E-state index < -0.39 is 5.97 Å². The van der Waals surface area contributed by atoms with Crippen molar-refractivity contribution in [1.29, 1.82) is 0 Å². The monoisotopic (exact) mass is 397 g/mol. The Labute approximate surface area is 166 Å². The molecule has 0 atom stereocenters. The second-order valence-corrected chi connectivity index (χ2v) is 7.92. The van der Waals surface area contributed by atoms with Gasteiger partial charge in [0.15, 0.2) is 6.61 Å². The van der Waals surface area contributed by atoms with Crippen LogP contribution in [0.5, 0.6) is 0 Å². The van der Waals surface area contributed by atoms with Gasteiger partial charge < -0.3 is 10.1 Å². The third-order valence-corrected chi connectivity index (χ3v) is 5.55. The Balaban J connectivity index is 1.66. The number of ether oxygens (including phenoxy) is 1. The maximum absolute atomic E-state index is 12.6. The van der Waals surface area contributed by atoms with Crippen LogP contribution < -0.4 is 5.32 Å². The summed E-state index contributed by atoms with van der Waals surface area (Å²) in [5.41, 5.74) is 3.25. The standard InChI is InChI=1S/C21H19NO3S2/c1-14-7-8-18(15(2)11-14)22-20(23)13-25-21(24)17(19-6-4-10-27-19)12-16-5-3-9-26-16/h3-12H,13H2,1-2H3,(H,22,23)/b17-12+. The SMILES string of the molecule is Cc1ccc(NC(=O)COC(=O)/C(=C/c2cccs2)c2cccs2)c(C)c1. The number of hydrogen-bond donors (Lipinski definition) is 1. The third kappa shape index (κ3) is 5.15. The molecule has 0 fully saturated rings. The fourth-order valence-corrected chi connectivity index (χ4v) is 3.91. The second-order valence-electron chi connectivity index (χ2n) is 5.99. The van der Waals surface area contributed by atoms with Crippen LogP contribution in [0.4, 0.5) is 5.69 Å². The van der Waals surface area contributed by atoms with Gasteiger partial charge in [0.2, 0.25) is 0 Å². The number of esters is 1. The van der Waals surface area contributed by atoms with Gasteiger partial charge in [-0.25, -0.2) is 4.79 Å². The quantitative estimate of drug-likeness (QED) is 0.462. The van der Waals surface area contributed by atoms with Gasteiger partial charge in [-0.1, -0.05) is 29.8 Å². The Hall–Kier alpha value is -2.70. The van der Waals surface area contributed by atoms with Crippen molar-refractivity contribution >= 4 is 51.9 Å². The molecule has 3 rings (SSSR count). The molecule has 0 saturated heterocycles. The minimum atomic E-state index is -0.512. The minimum absolute atomic E-state index is 0.334. The molecule has 0 aliphatic rings. The number of rotatable bonds is 6. The number of amides is 1. The number of carbonyl (C=O) groups is 2. The molecule has 6 heteroatoms. The summed E-state index contributed by atoms with van der Waals surface area (Å²) in [5.74, 6) is -0.876. The molecule has 3 aromatic rings. The van der Waals surface area contributed by atoms with Crippen LogP contribution >= 0.6 is 22.7 Å². The van der Waals surface area contributed by atoms with Gasteiger partial charge in [-0.05, 0) is 54.4 Å². The molecule has 1 aromatic carbocycles. The van der Waals surface area contributed by atoms with Gasteiger partial charge in [0.1, 0.15) is 0 Å². The van der Waals surface area contributed by atoms with Crippen molar-refractivity contribution in [2.45, 2.75) is 13.8 Å². The third-order valence-electron chi connectivity index (χ3n) is 3.83. The summed E-state index contributed by atoms with van der Waals surface area (Å²) in [5, 5.41) is 6.63. The van der Waals surface area contributed by atoms with Crippen LogP contribution in [0.2, 0.25) is 0 Å². The first-order valence-corrected chi connectivity index (χ1v) is 10.1. The number of anilines is 1. The van der Waals surface area contributed by atoms with E-state index >= 15 is 0 Å². The minimum Gasteiger partial charge on any atom is -0.452 e. The van der Waals surface area contributed by atoms with Crippen molar-refractivity contribution in [3.05, 3.63) is 74.1 Å². The lowest BCUT2D eigenvalue weighted by molar-refractivity contribution is -0.141. The molecule has 0 bridgehead atoms. The van der Waals surface area contributed by atoms with Crippen molar-refractivity contribution in [2.24, 2.45) is 0 Å². The number of hydrogen-bond acceptors (Lipinski definition) is 5. The fourth-order valence-electron chi connectivity index (χ4n) is 2.53. The van der Waals surface area contributed by atoms with Crippen molar-refractivity contribution in [2.75, 3.05) is 11.9 Å². The lowest BCUT2D eigenvalue weighted by atomic mass is 10.1. The molecule has 0 spiro atoms. The maximum atomic E-state index is 12.6. The fraction of sp³-hybridized carbons (Fsp3) is 0.143. The van der Waals surface area contributed by atoms with Gasteiger partial charge in [-0.15, -0.1) is 22.7 Å². The molecule has 0 radical (unpaired) electrons. The van der Waals surface area contributed by atoms with Crippen LogP contribution in [0.15, 0.2) is 53.2 Å². The average molecular weight is 398 g/mol. The zero-order valence-corrected chi connectivity index (χ0v) is 16.7. The highest BCUT2D eigenvalue weighted by Gasteiger charge is 2.17. The topological polar surface area (TPSA) is 55.4 Å². The molecule has 0 aliphatic carbocycles. The van der Waals surface area contributed by atoms with E-state index in [-0.39, 0.29) is 12.5 Å². The smallest absolute Gasteiger partial charge is 0.340 e. The molecule has 0 saturated carbocycles. The van der Waals surface area contributed by atoms with Gasteiger partial charge in [-0.3, -0.25) is 4.79 Å². The first-order valence-electron chi connectivity index (χ1n) is 8.36. The summed E-state index contributed by atoms with van der Waals surface area (Å²) in [6, 6.07) is 13.3. The van der Waals surface area contributed by atoms with E-state index in [1.807, 2.05) is 67.1 Å². The normalized spacial score (nSPS) is 11.3. The summed E-state index contributed by atoms with van der Waals surface area (Å²) in [7, 11) is 0. The predicted octanol–water partition coefficient (Wildman–Crippen LogP) is 5.15. The largest absolute Gasteiger partial charge is 0.452 e. The zero-order chi connectivity index (χ0) is 19.2. The van der Waals surface area contributed by atoms with Gasteiger partial charge >= 0.3 is 5.97 Å². The number of benzene rings is 1. The van der Waals surface area contributed by atoms with Gasteiger partial charge in [0.05, 0.1) is 5.57 Å². The average Bonchev–Trinajstić information content (AvgIpc) is 3.33. The first-order chi connectivity index (χ1) is 13.0. The molecule has 27 heavy (non-hydrogen) atoms. The van der Waals surface area contributed by atoms with Crippen molar-refractivity contribution in [3.8, 4) is 0 Å². The predicted molar refractivity (Wildman–Crippen MR) is 112 cm³/mol. The summed E-state index contributed by atoms with van der Waals surface area (Å²) < 4.78 is 5.27. The maximum Gasteiger partial charge on any atom is 0.340 e. The number of carbonyl (C=O) groups excluding carboxylic acids is 2. The van der Waals surface area contributed by atoms with E-state index in [9.17, 15) is 9.59 Å². The van der Waals surface area contributed by atoms with Gasteiger partial charge in [0, 0.05) is 15.4 Å². The number of nitrogens with one attached hydrogen (secondary N) is 1. The second kappa shape index (κ2) is 8.79. The lowest BCUT2D eigenvalue weighted by Gasteiger charge is -2.10. The zero-order valence-electron chi connectivity index (χ0n) is 15.0. The molecule has 0 unspecified atom stereocenters. The summed E-state index contributed by atoms with van der Waals surface area (Å²) in [6.45, 7) is 3.58. The Kier molecular flexibility index (Phi) is 6.21. The van der Waals surface area contributed by atoms with Crippen LogP contribution in [0.25, 0.3) is 11.6 Å². The summed E-state index contributed by atoms with van der Waals surface area (Å²) in [6.07, 6.45) is 1.79. The van der Waals surface area contributed by atoms with E-state index in [2.05, 4.69) is 5.32 Å². The molecule has 138 valence electrons. The molecular weight excluding hydrogens is 378 g/mol. The van der Waals surface area contributed by atoms with Crippen molar-refractivity contribution in [1.82, 2.24) is 0 Å². The van der Waals surface area contributed by atoms with Crippen molar-refractivity contribution in [3.63, 3.8) is 0 Å². The molecule has 1 amide bonds. The number of thiophene rings is 2. The van der Waals surface area contributed by atoms with Crippen LogP contribution in [0.3, 0.4) is 0 Å². The Bertz CT molecular complexity index is 957. The van der Waals surface area contributed by atoms with E-state index in [0.717, 1.165) is 20.9 Å². The molecule has 4 nitrogen and oxygen atoms in total. The Morgan fingerprint density at radius 3 is 2.52 bits per heavy atom. The lowest BCUT2D eigenvalue weighted by Crippen LogP contribution is -2.21. The van der Waals surface area contributed by atoms with Gasteiger partial charge in [-0.2, -0.15) is 0 Å². The highest BCUT2D eigenvalue weighted by atomic mass is 32.1. The highest BCUT2D eigenvalue weighted by Crippen LogP contribution is 2.26. The summed E-state index contributed by atoms with van der Waals surface area (Å²) in [4.78, 5) is 26.5. The van der Waals surface area contributed by atoms with E-state index in [0.29, 0.717) is 11.3 Å². The number of aryl methyl sites for hydroxylation is 2.